The number of rotatable bonds is 3. The molecule has 2 heterocycles. The zero-order chi connectivity index (χ0) is 39.5. The Morgan fingerprint density at radius 1 is 0.317 bits per heavy atom. The molecule has 11 aromatic carbocycles. The number of nitrogens with zero attached hydrogens (tertiary/aromatic N) is 1. The van der Waals surface area contributed by atoms with Crippen LogP contribution in [0.5, 0.6) is 11.5 Å². The van der Waals surface area contributed by atoms with Gasteiger partial charge in [0.1, 0.15) is 5.52 Å². The van der Waals surface area contributed by atoms with Gasteiger partial charge in [-0.25, -0.2) is 0 Å². The summed E-state index contributed by atoms with van der Waals surface area (Å²) in [6, 6.07) is 70.6. The monoisotopic (exact) mass is 763 g/mol. The molecule has 0 bridgehead atoms. The Bertz CT molecular complexity index is 3880. The summed E-state index contributed by atoms with van der Waals surface area (Å²) in [5.41, 5.74) is 8.92. The lowest BCUT2D eigenvalue weighted by atomic mass is 9.89. The molecule has 1 aliphatic heterocycles. The van der Waals surface area contributed by atoms with Gasteiger partial charge in [-0.05, 0) is 101 Å². The Morgan fingerprint density at radius 3 is 1.38 bits per heavy atom. The summed E-state index contributed by atoms with van der Waals surface area (Å²) in [7, 11) is 0. The molecule has 3 nitrogen and oxygen atoms in total. The van der Waals surface area contributed by atoms with Crippen molar-refractivity contribution in [3.05, 3.63) is 210 Å². The van der Waals surface area contributed by atoms with Crippen LogP contribution in [0.4, 0.5) is 0 Å². The minimum absolute atomic E-state index is 0.0180. The lowest BCUT2D eigenvalue weighted by molar-refractivity contribution is 0.477. The van der Waals surface area contributed by atoms with E-state index < -0.39 is 0 Å². The first kappa shape index (κ1) is 33.0. The third-order valence-electron chi connectivity index (χ3n) is 12.7. The van der Waals surface area contributed by atoms with Crippen LogP contribution in [0.25, 0.3) is 115 Å². The first-order valence-corrected chi connectivity index (χ1v) is 20.5. The van der Waals surface area contributed by atoms with Crippen molar-refractivity contribution >= 4 is 75.7 Å². The molecular weight excluding hydrogens is 731 g/mol. The Kier molecular flexibility index (Phi) is 6.87. The molecule has 0 saturated heterocycles. The van der Waals surface area contributed by atoms with E-state index in [-0.39, 0.29) is 5.43 Å². The highest BCUT2D eigenvalue weighted by atomic mass is 16.5. The van der Waals surface area contributed by atoms with E-state index in [1.54, 1.807) is 0 Å². The molecule has 0 saturated carbocycles. The zero-order valence-electron chi connectivity index (χ0n) is 32.3. The second-order valence-corrected chi connectivity index (χ2v) is 15.9. The Hall–Kier alpha value is -8.01. The Morgan fingerprint density at radius 2 is 0.767 bits per heavy atom. The van der Waals surface area contributed by atoms with Crippen LogP contribution in [-0.4, -0.2) is 4.57 Å². The van der Waals surface area contributed by atoms with Crippen LogP contribution in [0, 0.1) is 0 Å². The first-order valence-electron chi connectivity index (χ1n) is 20.5. The van der Waals surface area contributed by atoms with Crippen molar-refractivity contribution in [2.24, 2.45) is 0 Å². The summed E-state index contributed by atoms with van der Waals surface area (Å²) in [6.07, 6.45) is 0. The van der Waals surface area contributed by atoms with Gasteiger partial charge in [0.15, 0.2) is 16.9 Å². The minimum atomic E-state index is -0.0180. The van der Waals surface area contributed by atoms with Crippen molar-refractivity contribution < 1.29 is 4.74 Å². The molecule has 0 aliphatic carbocycles. The van der Waals surface area contributed by atoms with Crippen molar-refractivity contribution in [2.75, 3.05) is 0 Å². The number of fused-ring (bicyclic) bond motifs is 11. The third-order valence-corrected chi connectivity index (χ3v) is 12.7. The summed E-state index contributed by atoms with van der Waals surface area (Å²) >= 11 is 0. The summed E-state index contributed by atoms with van der Waals surface area (Å²) in [4.78, 5) is 15.5. The predicted molar refractivity (Wildman–Crippen MR) is 251 cm³/mol. The quantitative estimate of drug-likeness (QED) is 0.133. The first-order chi connectivity index (χ1) is 29.7. The molecule has 0 atom stereocenters. The fourth-order valence-electron chi connectivity index (χ4n) is 10.1. The highest BCUT2D eigenvalue weighted by molar-refractivity contribution is 6.20. The van der Waals surface area contributed by atoms with E-state index in [1.807, 2.05) is 0 Å². The van der Waals surface area contributed by atoms with Crippen LogP contribution in [-0.2, 0) is 0 Å². The molecule has 60 heavy (non-hydrogen) atoms. The topological polar surface area (TPSA) is 31.2 Å². The molecule has 278 valence electrons. The van der Waals surface area contributed by atoms with Crippen LogP contribution in [0.2, 0.25) is 0 Å². The maximum Gasteiger partial charge on any atom is 0.197 e. The number of ether oxygens (including phenoxy) is 1. The van der Waals surface area contributed by atoms with Crippen molar-refractivity contribution in [3.63, 3.8) is 0 Å². The van der Waals surface area contributed by atoms with Crippen molar-refractivity contribution in [1.82, 2.24) is 4.57 Å². The van der Waals surface area contributed by atoms with Crippen LogP contribution in [0.3, 0.4) is 0 Å². The molecule has 0 unspecified atom stereocenters. The molecule has 12 aromatic rings. The average molecular weight is 764 g/mol. The largest absolute Gasteiger partial charge is 0.453 e. The second-order valence-electron chi connectivity index (χ2n) is 15.9. The van der Waals surface area contributed by atoms with Gasteiger partial charge in [-0.15, -0.1) is 0 Å². The van der Waals surface area contributed by atoms with E-state index in [0.717, 1.165) is 98.9 Å². The van der Waals surface area contributed by atoms with Gasteiger partial charge in [0.25, 0.3) is 0 Å². The third kappa shape index (κ3) is 4.63. The Labute approximate surface area is 344 Å². The molecule has 0 spiro atoms. The average Bonchev–Trinajstić information content (AvgIpc) is 3.31. The highest BCUT2D eigenvalue weighted by Crippen LogP contribution is 2.51. The molecule has 0 radical (unpaired) electrons. The molecule has 1 aliphatic rings. The maximum absolute atomic E-state index is 15.5. The van der Waals surface area contributed by atoms with Gasteiger partial charge in [-0.1, -0.05) is 176 Å². The van der Waals surface area contributed by atoms with Crippen molar-refractivity contribution in [1.29, 1.82) is 0 Å². The van der Waals surface area contributed by atoms with Crippen molar-refractivity contribution in [2.45, 2.75) is 0 Å². The van der Waals surface area contributed by atoms with Crippen molar-refractivity contribution in [3.8, 4) is 50.6 Å². The number of hydrogen-bond donors (Lipinski definition) is 0. The molecular formula is C57H33NO2. The van der Waals surface area contributed by atoms with Gasteiger partial charge in [-0.2, -0.15) is 0 Å². The van der Waals surface area contributed by atoms with E-state index in [0.29, 0.717) is 16.5 Å². The highest BCUT2D eigenvalue weighted by Gasteiger charge is 2.29. The van der Waals surface area contributed by atoms with Gasteiger partial charge >= 0.3 is 0 Å². The number of benzene rings is 11. The van der Waals surface area contributed by atoms with Gasteiger partial charge in [0.05, 0.1) is 16.6 Å². The van der Waals surface area contributed by atoms with Crippen LogP contribution >= 0.6 is 0 Å². The van der Waals surface area contributed by atoms with Gasteiger partial charge in [-0.3, -0.25) is 4.79 Å². The van der Waals surface area contributed by atoms with Crippen LogP contribution < -0.4 is 10.2 Å². The van der Waals surface area contributed by atoms with Crippen LogP contribution in [0.1, 0.15) is 0 Å². The van der Waals surface area contributed by atoms with E-state index in [1.165, 1.54) is 10.8 Å². The molecule has 0 N–H and O–H groups in total. The summed E-state index contributed by atoms with van der Waals surface area (Å²) in [6.45, 7) is 0. The molecule has 0 fully saturated rings. The van der Waals surface area contributed by atoms with E-state index in [2.05, 4.69) is 205 Å². The van der Waals surface area contributed by atoms with E-state index in [4.69, 9.17) is 4.74 Å². The second kappa shape index (κ2) is 12.5. The van der Waals surface area contributed by atoms with Gasteiger partial charge < -0.3 is 9.30 Å². The fourth-order valence-corrected chi connectivity index (χ4v) is 10.1. The number of aromatic nitrogens is 1. The lowest BCUT2D eigenvalue weighted by Crippen LogP contribution is -2.16. The zero-order valence-corrected chi connectivity index (χ0v) is 32.3. The number of hydrogen-bond acceptors (Lipinski definition) is 2. The maximum atomic E-state index is 15.5. The SMILES string of the molecule is O=c1c2cc(-c3cccc4ccccc34)cc3c2n(c2c1cc(-c1cccc4ccccc14)c1ccccc12)-c1c(cc(-c2cccc4ccccc24)c2ccccc12)O3. The van der Waals surface area contributed by atoms with E-state index >= 15 is 4.79 Å². The summed E-state index contributed by atoms with van der Waals surface area (Å²) in [5.74, 6) is 1.40. The molecule has 0 amide bonds. The molecule has 1 aromatic heterocycles. The Balaban J connectivity index is 1.22. The number of pyridine rings is 1. The smallest absolute Gasteiger partial charge is 0.197 e. The lowest BCUT2D eigenvalue weighted by Gasteiger charge is -2.29. The molecule has 13 rings (SSSR count). The summed E-state index contributed by atoms with van der Waals surface area (Å²) in [5, 5.41) is 12.5. The standard InChI is InChI=1S/C57H33NO2/c59-57-50-30-37(41-27-11-17-34-14-1-4-20-38(34)41)31-52-56(50)58(54-46-25-9-7-23-44(46)48(32-51(54)57)42-28-12-18-35-15-2-5-21-39(35)42)55-47-26-10-8-24-45(47)49(33-53(55)60-52)43-29-13-19-36-16-3-6-22-40(36)43/h1-33H. The molecule has 3 heteroatoms. The normalized spacial score (nSPS) is 12.2. The fraction of sp³-hybridized carbons (Fsp3) is 0. The summed E-state index contributed by atoms with van der Waals surface area (Å²) < 4.78 is 9.55. The van der Waals surface area contributed by atoms with Gasteiger partial charge in [0.2, 0.25) is 0 Å². The minimum Gasteiger partial charge on any atom is -0.453 e. The van der Waals surface area contributed by atoms with Gasteiger partial charge in [0, 0.05) is 16.2 Å². The van der Waals surface area contributed by atoms with E-state index in [9.17, 15) is 0 Å². The van der Waals surface area contributed by atoms with Crippen LogP contribution in [0.15, 0.2) is 205 Å². The predicted octanol–water partition coefficient (Wildman–Crippen LogP) is 15.0.